The summed E-state index contributed by atoms with van der Waals surface area (Å²) < 4.78 is 15.2. The van der Waals surface area contributed by atoms with Gasteiger partial charge in [-0.05, 0) is 95.2 Å². The number of fused-ring (bicyclic) bond motifs is 10. The second-order valence-corrected chi connectivity index (χ2v) is 15.6. The van der Waals surface area contributed by atoms with Gasteiger partial charge in [0.25, 0.3) is 0 Å². The van der Waals surface area contributed by atoms with Crippen LogP contribution < -0.4 is 0 Å². The van der Waals surface area contributed by atoms with Gasteiger partial charge in [-0.3, -0.25) is 0 Å². The van der Waals surface area contributed by atoms with Crippen molar-refractivity contribution < 1.29 is 8.83 Å². The zero-order valence-corrected chi connectivity index (χ0v) is 32.6. The van der Waals surface area contributed by atoms with Gasteiger partial charge in [0.05, 0.1) is 11.0 Å². The Hall–Kier alpha value is -8.35. The molecule has 4 heterocycles. The van der Waals surface area contributed by atoms with Gasteiger partial charge in [-0.25, -0.2) is 15.0 Å². The number of furan rings is 2. The third-order valence-electron chi connectivity index (χ3n) is 12.0. The van der Waals surface area contributed by atoms with E-state index in [4.69, 9.17) is 23.8 Å². The van der Waals surface area contributed by atoms with Crippen LogP contribution in [0.4, 0.5) is 0 Å². The fourth-order valence-electron chi connectivity index (χ4n) is 9.14. The molecule has 13 aromatic rings. The molecule has 0 bridgehead atoms. The molecule has 9 aromatic carbocycles. The summed E-state index contributed by atoms with van der Waals surface area (Å²) in [7, 11) is 0. The first-order chi connectivity index (χ1) is 30.2. The van der Waals surface area contributed by atoms with Gasteiger partial charge in [-0.15, -0.1) is 0 Å². The first kappa shape index (κ1) is 33.6. The van der Waals surface area contributed by atoms with Gasteiger partial charge < -0.3 is 13.4 Å². The minimum absolute atomic E-state index is 0.582. The van der Waals surface area contributed by atoms with E-state index < -0.39 is 0 Å². The summed E-state index contributed by atoms with van der Waals surface area (Å²) in [6, 6.07) is 67.5. The van der Waals surface area contributed by atoms with Gasteiger partial charge in [0, 0.05) is 60.3 Å². The van der Waals surface area contributed by atoms with Crippen molar-refractivity contribution in [3.63, 3.8) is 0 Å². The van der Waals surface area contributed by atoms with E-state index in [0.717, 1.165) is 88.2 Å². The summed E-state index contributed by atoms with van der Waals surface area (Å²) in [6.07, 6.45) is 0. The summed E-state index contributed by atoms with van der Waals surface area (Å²) >= 11 is 0. The van der Waals surface area contributed by atoms with Crippen LogP contribution >= 0.6 is 0 Å². The lowest BCUT2D eigenvalue weighted by Gasteiger charge is -2.11. The molecule has 0 saturated carbocycles. The van der Waals surface area contributed by atoms with Crippen molar-refractivity contribution >= 4 is 76.5 Å². The average Bonchev–Trinajstić information content (AvgIpc) is 4.00. The highest BCUT2D eigenvalue weighted by Gasteiger charge is 2.19. The number of hydrogen-bond donors (Lipinski definition) is 0. The van der Waals surface area contributed by atoms with Gasteiger partial charge in [-0.1, -0.05) is 115 Å². The quantitative estimate of drug-likeness (QED) is 0.174. The normalized spacial score (nSPS) is 11.9. The molecule has 0 spiro atoms. The fourth-order valence-corrected chi connectivity index (χ4v) is 9.14. The van der Waals surface area contributed by atoms with Crippen molar-refractivity contribution in [2.45, 2.75) is 0 Å². The summed E-state index contributed by atoms with van der Waals surface area (Å²) in [4.78, 5) is 15.4. The van der Waals surface area contributed by atoms with Gasteiger partial charge in [0.2, 0.25) is 0 Å². The molecule has 13 rings (SSSR count). The Balaban J connectivity index is 0.965. The van der Waals surface area contributed by atoms with Crippen LogP contribution in [0.5, 0.6) is 0 Å². The summed E-state index contributed by atoms with van der Waals surface area (Å²) in [5.74, 6) is 1.77. The zero-order valence-electron chi connectivity index (χ0n) is 32.6. The van der Waals surface area contributed by atoms with Crippen LogP contribution in [0.1, 0.15) is 0 Å². The van der Waals surface area contributed by atoms with Crippen molar-refractivity contribution in [1.82, 2.24) is 19.5 Å². The lowest BCUT2D eigenvalue weighted by Crippen LogP contribution is -2.00. The maximum atomic E-state index is 6.62. The Kier molecular flexibility index (Phi) is 7.21. The summed E-state index contributed by atoms with van der Waals surface area (Å²) in [5.41, 5.74) is 11.7. The standard InChI is InChI=1S/C55H32N4O2/c1-2-13-39(14-3-1)59-47-19-8-6-15-41(47)44-18-10-17-40(52(44)59)35-23-26-43-46-31-38(25-28-50(46)61-51(43)32-35)55-57-53(36-22-21-33-11-4-5-12-34(33)29-36)56-54(58-55)37-24-27-49-45(30-37)42-16-7-9-20-48(42)60-49/h1-32H. The fraction of sp³-hybridized carbons (Fsp3) is 0. The maximum absolute atomic E-state index is 6.62. The van der Waals surface area contributed by atoms with Gasteiger partial charge in [0.15, 0.2) is 17.5 Å². The minimum Gasteiger partial charge on any atom is -0.456 e. The SMILES string of the molecule is c1ccc(-n2c3ccccc3c3cccc(-c4ccc5c(c4)oc4ccc(-c6nc(-c7ccc8ccccc8c7)nc(-c7ccc8oc9ccccc9c8c7)n6)cc45)c32)cc1. The number of hydrogen-bond acceptors (Lipinski definition) is 5. The molecule has 61 heavy (non-hydrogen) atoms. The Morgan fingerprint density at radius 3 is 1.66 bits per heavy atom. The zero-order chi connectivity index (χ0) is 40.0. The molecule has 6 heteroatoms. The molecule has 0 fully saturated rings. The number of aromatic nitrogens is 4. The van der Waals surface area contributed by atoms with Crippen LogP contribution in [-0.2, 0) is 0 Å². The van der Waals surface area contributed by atoms with Crippen LogP contribution in [0.15, 0.2) is 203 Å². The number of nitrogens with zero attached hydrogens (tertiary/aromatic N) is 4. The van der Waals surface area contributed by atoms with Crippen molar-refractivity contribution in [3.05, 3.63) is 194 Å². The lowest BCUT2D eigenvalue weighted by atomic mass is 10.00. The Morgan fingerprint density at radius 1 is 0.328 bits per heavy atom. The molecule has 0 unspecified atom stereocenters. The van der Waals surface area contributed by atoms with Crippen molar-refractivity contribution in [2.75, 3.05) is 0 Å². The Morgan fingerprint density at radius 2 is 0.885 bits per heavy atom. The second kappa shape index (κ2) is 13.1. The Labute approximate surface area is 348 Å². The highest BCUT2D eigenvalue weighted by Crippen LogP contribution is 2.41. The van der Waals surface area contributed by atoms with E-state index in [9.17, 15) is 0 Å². The van der Waals surface area contributed by atoms with Crippen LogP contribution in [0.2, 0.25) is 0 Å². The molecule has 4 aromatic heterocycles. The predicted molar refractivity (Wildman–Crippen MR) is 248 cm³/mol. The first-order valence-corrected chi connectivity index (χ1v) is 20.4. The molecule has 0 saturated heterocycles. The van der Waals surface area contributed by atoms with Crippen molar-refractivity contribution in [1.29, 1.82) is 0 Å². The van der Waals surface area contributed by atoms with Crippen LogP contribution in [0.25, 0.3) is 127 Å². The molecule has 0 aliphatic heterocycles. The highest BCUT2D eigenvalue weighted by molar-refractivity contribution is 6.15. The van der Waals surface area contributed by atoms with E-state index in [1.54, 1.807) is 0 Å². The molecule has 0 aliphatic carbocycles. The van der Waals surface area contributed by atoms with E-state index in [1.807, 2.05) is 42.5 Å². The van der Waals surface area contributed by atoms with E-state index in [2.05, 4.69) is 156 Å². The molecule has 0 radical (unpaired) electrons. The molecule has 0 amide bonds. The smallest absolute Gasteiger partial charge is 0.164 e. The predicted octanol–water partition coefficient (Wildman–Crippen LogP) is 14.6. The maximum Gasteiger partial charge on any atom is 0.164 e. The Bertz CT molecular complexity index is 3900. The van der Waals surface area contributed by atoms with E-state index >= 15 is 0 Å². The molecule has 0 N–H and O–H groups in total. The first-order valence-electron chi connectivity index (χ1n) is 20.4. The molecule has 0 atom stereocenters. The molecular weight excluding hydrogens is 749 g/mol. The number of rotatable bonds is 5. The van der Waals surface area contributed by atoms with Crippen LogP contribution in [0.3, 0.4) is 0 Å². The molecule has 284 valence electrons. The topological polar surface area (TPSA) is 69.9 Å². The molecular formula is C55H32N4O2. The van der Waals surface area contributed by atoms with Crippen molar-refractivity contribution in [2.24, 2.45) is 0 Å². The molecule has 6 nitrogen and oxygen atoms in total. The highest BCUT2D eigenvalue weighted by atomic mass is 16.3. The van der Waals surface area contributed by atoms with Crippen LogP contribution in [0, 0.1) is 0 Å². The monoisotopic (exact) mass is 780 g/mol. The van der Waals surface area contributed by atoms with E-state index in [1.165, 1.54) is 21.8 Å². The molecule has 0 aliphatic rings. The third-order valence-corrected chi connectivity index (χ3v) is 12.0. The average molecular weight is 781 g/mol. The van der Waals surface area contributed by atoms with Gasteiger partial charge in [-0.2, -0.15) is 0 Å². The van der Waals surface area contributed by atoms with E-state index in [0.29, 0.717) is 17.5 Å². The summed E-state index contributed by atoms with van der Waals surface area (Å²) in [6.45, 7) is 0. The largest absolute Gasteiger partial charge is 0.456 e. The van der Waals surface area contributed by atoms with Gasteiger partial charge in [0.1, 0.15) is 22.3 Å². The number of benzene rings is 9. The summed E-state index contributed by atoms with van der Waals surface area (Å²) in [5, 5.41) is 8.82. The van der Waals surface area contributed by atoms with Crippen molar-refractivity contribution in [3.8, 4) is 51.0 Å². The second-order valence-electron chi connectivity index (χ2n) is 15.6. The lowest BCUT2D eigenvalue weighted by molar-refractivity contribution is 0.668. The van der Waals surface area contributed by atoms with E-state index in [-0.39, 0.29) is 0 Å². The minimum atomic E-state index is 0.582. The van der Waals surface area contributed by atoms with Crippen LogP contribution in [-0.4, -0.2) is 19.5 Å². The van der Waals surface area contributed by atoms with Gasteiger partial charge >= 0.3 is 0 Å². The number of para-hydroxylation sites is 4. The third kappa shape index (κ3) is 5.32.